The number of benzene rings is 2. The maximum Gasteiger partial charge on any atom is 0.274 e. The molecule has 1 aliphatic carbocycles. The third-order valence-corrected chi connectivity index (χ3v) is 5.38. The van der Waals surface area contributed by atoms with Crippen LogP contribution in [-0.2, 0) is 19.4 Å². The summed E-state index contributed by atoms with van der Waals surface area (Å²) in [6, 6.07) is 17.1. The molecule has 0 radical (unpaired) electrons. The summed E-state index contributed by atoms with van der Waals surface area (Å²) in [6.45, 7) is 0.346. The molecule has 0 fully saturated rings. The number of amides is 1. The molecule has 1 amide bonds. The van der Waals surface area contributed by atoms with Crippen LogP contribution >= 0.6 is 0 Å². The molecule has 0 aliphatic heterocycles. The average molecular weight is 375 g/mol. The van der Waals surface area contributed by atoms with Crippen LogP contribution in [0.3, 0.4) is 0 Å². The predicted molar refractivity (Wildman–Crippen MR) is 109 cm³/mol. The number of hydrogen-bond donors (Lipinski definition) is 1. The van der Waals surface area contributed by atoms with E-state index in [0.29, 0.717) is 12.2 Å². The average Bonchev–Trinajstić information content (AvgIpc) is 2.90. The molecular formula is C23H25N3O2. The fraction of sp³-hybridized carbons (Fsp3) is 0.304. The molecule has 5 heteroatoms. The lowest BCUT2D eigenvalue weighted by Crippen LogP contribution is -2.27. The highest BCUT2D eigenvalue weighted by atomic mass is 16.3. The van der Waals surface area contributed by atoms with Crippen molar-refractivity contribution in [2.45, 2.75) is 38.6 Å². The smallest absolute Gasteiger partial charge is 0.274 e. The minimum Gasteiger partial charge on any atom is -0.508 e. The van der Waals surface area contributed by atoms with Gasteiger partial charge >= 0.3 is 0 Å². The Morgan fingerprint density at radius 2 is 1.75 bits per heavy atom. The maximum absolute atomic E-state index is 13.3. The van der Waals surface area contributed by atoms with Gasteiger partial charge in [0.2, 0.25) is 0 Å². The summed E-state index contributed by atoms with van der Waals surface area (Å²) in [6.07, 6.45) is 5.19. The van der Waals surface area contributed by atoms with Crippen LogP contribution in [0, 0.1) is 0 Å². The highest BCUT2D eigenvalue weighted by molar-refractivity contribution is 5.94. The Bertz CT molecular complexity index is 979. The molecule has 4 rings (SSSR count). The van der Waals surface area contributed by atoms with Crippen LogP contribution in [0.25, 0.3) is 5.69 Å². The zero-order chi connectivity index (χ0) is 19.5. The number of phenols is 1. The summed E-state index contributed by atoms with van der Waals surface area (Å²) < 4.78 is 1.95. The fourth-order valence-corrected chi connectivity index (χ4v) is 3.88. The number of hydrogen-bond acceptors (Lipinski definition) is 3. The van der Waals surface area contributed by atoms with Crippen molar-refractivity contribution in [2.24, 2.45) is 0 Å². The third kappa shape index (κ3) is 3.52. The lowest BCUT2D eigenvalue weighted by Gasteiger charge is -2.17. The third-order valence-electron chi connectivity index (χ3n) is 5.38. The Balaban J connectivity index is 1.69. The van der Waals surface area contributed by atoms with E-state index in [1.54, 1.807) is 24.1 Å². The van der Waals surface area contributed by atoms with E-state index in [0.717, 1.165) is 48.2 Å². The standard InChI is InChI=1S/C23H25N3O2/c1-25(16-17-10-8-9-15-21(17)27)23(28)22-19-13-6-3-7-14-20(19)26(24-22)18-11-4-2-5-12-18/h2,4-5,8-12,15,27H,3,6-7,13-14,16H2,1H3. The summed E-state index contributed by atoms with van der Waals surface area (Å²) >= 11 is 0. The molecule has 0 spiro atoms. The van der Waals surface area contributed by atoms with Gasteiger partial charge in [-0.15, -0.1) is 0 Å². The summed E-state index contributed by atoms with van der Waals surface area (Å²) in [5, 5.41) is 14.8. The van der Waals surface area contributed by atoms with Gasteiger partial charge in [0.05, 0.1) is 5.69 Å². The van der Waals surface area contributed by atoms with Gasteiger partial charge in [-0.05, 0) is 43.9 Å². The Morgan fingerprint density at radius 1 is 1.04 bits per heavy atom. The number of nitrogens with zero attached hydrogens (tertiary/aromatic N) is 3. The predicted octanol–water partition coefficient (Wildman–Crippen LogP) is 4.12. The number of aromatic nitrogens is 2. The molecule has 1 N–H and O–H groups in total. The van der Waals surface area contributed by atoms with Crippen molar-refractivity contribution in [3.63, 3.8) is 0 Å². The molecule has 1 aliphatic rings. The number of carbonyl (C=O) groups is 1. The minimum atomic E-state index is -0.101. The molecule has 0 unspecified atom stereocenters. The Labute approximate surface area is 165 Å². The second kappa shape index (κ2) is 7.89. The van der Waals surface area contributed by atoms with Gasteiger partial charge in [-0.2, -0.15) is 5.10 Å². The molecular weight excluding hydrogens is 350 g/mol. The molecule has 0 bridgehead atoms. The van der Waals surface area contributed by atoms with Crippen LogP contribution in [0.1, 0.15) is 46.6 Å². The topological polar surface area (TPSA) is 58.4 Å². The highest BCUT2D eigenvalue weighted by Crippen LogP contribution is 2.27. The van der Waals surface area contributed by atoms with Gasteiger partial charge in [0.1, 0.15) is 5.75 Å². The van der Waals surface area contributed by atoms with E-state index >= 15 is 0 Å². The molecule has 28 heavy (non-hydrogen) atoms. The van der Waals surface area contributed by atoms with Gasteiger partial charge in [0.15, 0.2) is 5.69 Å². The molecule has 0 atom stereocenters. The van der Waals surface area contributed by atoms with E-state index in [2.05, 4.69) is 0 Å². The Kier molecular flexibility index (Phi) is 5.15. The van der Waals surface area contributed by atoms with Gasteiger partial charge < -0.3 is 10.0 Å². The van der Waals surface area contributed by atoms with Gasteiger partial charge in [-0.1, -0.05) is 42.8 Å². The first-order chi connectivity index (χ1) is 13.6. The summed E-state index contributed by atoms with van der Waals surface area (Å²) in [4.78, 5) is 14.9. The van der Waals surface area contributed by atoms with E-state index in [4.69, 9.17) is 5.10 Å². The van der Waals surface area contributed by atoms with Crippen molar-refractivity contribution in [1.82, 2.24) is 14.7 Å². The Hall–Kier alpha value is -3.08. The zero-order valence-electron chi connectivity index (χ0n) is 16.1. The summed E-state index contributed by atoms with van der Waals surface area (Å²) in [5.74, 6) is 0.104. The monoisotopic (exact) mass is 375 g/mol. The quantitative estimate of drug-likeness (QED) is 0.698. The molecule has 3 aromatic rings. The van der Waals surface area contributed by atoms with Crippen molar-refractivity contribution in [3.8, 4) is 11.4 Å². The first-order valence-electron chi connectivity index (χ1n) is 9.83. The largest absolute Gasteiger partial charge is 0.508 e. The first kappa shape index (κ1) is 18.3. The molecule has 0 saturated carbocycles. The van der Waals surface area contributed by atoms with Crippen molar-refractivity contribution in [2.75, 3.05) is 7.05 Å². The van der Waals surface area contributed by atoms with E-state index in [1.165, 1.54) is 6.42 Å². The Morgan fingerprint density at radius 3 is 2.54 bits per heavy atom. The summed E-state index contributed by atoms with van der Waals surface area (Å²) in [5.41, 5.74) is 4.49. The van der Waals surface area contributed by atoms with Gasteiger partial charge in [0, 0.05) is 30.4 Å². The van der Waals surface area contributed by atoms with Crippen LogP contribution in [0.2, 0.25) is 0 Å². The van der Waals surface area contributed by atoms with Crippen molar-refractivity contribution >= 4 is 5.91 Å². The molecule has 5 nitrogen and oxygen atoms in total. The number of aromatic hydroxyl groups is 1. The first-order valence-corrected chi connectivity index (χ1v) is 9.83. The minimum absolute atomic E-state index is 0.101. The van der Waals surface area contributed by atoms with Crippen LogP contribution < -0.4 is 0 Å². The van der Waals surface area contributed by atoms with Crippen LogP contribution in [0.15, 0.2) is 54.6 Å². The van der Waals surface area contributed by atoms with Crippen LogP contribution in [0.5, 0.6) is 5.75 Å². The normalized spacial score (nSPS) is 13.6. The van der Waals surface area contributed by atoms with E-state index < -0.39 is 0 Å². The lowest BCUT2D eigenvalue weighted by atomic mass is 10.1. The number of carbonyl (C=O) groups excluding carboxylic acids is 1. The molecule has 2 aromatic carbocycles. The molecule has 144 valence electrons. The second-order valence-electron chi connectivity index (χ2n) is 7.37. The number of para-hydroxylation sites is 2. The van der Waals surface area contributed by atoms with Gasteiger partial charge in [0.25, 0.3) is 5.91 Å². The number of rotatable bonds is 4. The molecule has 0 saturated heterocycles. The molecule has 1 heterocycles. The number of phenolic OH excluding ortho intramolecular Hbond substituents is 1. The van der Waals surface area contributed by atoms with Crippen molar-refractivity contribution in [1.29, 1.82) is 0 Å². The zero-order valence-corrected chi connectivity index (χ0v) is 16.1. The molecule has 1 aromatic heterocycles. The summed E-state index contributed by atoms with van der Waals surface area (Å²) in [7, 11) is 1.76. The van der Waals surface area contributed by atoms with Crippen molar-refractivity contribution < 1.29 is 9.90 Å². The van der Waals surface area contributed by atoms with Gasteiger partial charge in [-0.25, -0.2) is 4.68 Å². The maximum atomic E-state index is 13.3. The van der Waals surface area contributed by atoms with E-state index in [1.807, 2.05) is 47.1 Å². The number of fused-ring (bicyclic) bond motifs is 1. The van der Waals surface area contributed by atoms with Crippen LogP contribution in [-0.4, -0.2) is 32.7 Å². The van der Waals surface area contributed by atoms with E-state index in [-0.39, 0.29) is 11.7 Å². The van der Waals surface area contributed by atoms with Crippen LogP contribution in [0.4, 0.5) is 0 Å². The van der Waals surface area contributed by atoms with E-state index in [9.17, 15) is 9.90 Å². The second-order valence-corrected chi connectivity index (χ2v) is 7.37. The highest BCUT2D eigenvalue weighted by Gasteiger charge is 2.26. The van der Waals surface area contributed by atoms with Gasteiger partial charge in [-0.3, -0.25) is 4.79 Å². The fourth-order valence-electron chi connectivity index (χ4n) is 3.88. The SMILES string of the molecule is CN(Cc1ccccc1O)C(=O)c1nn(-c2ccccc2)c2c1CCCCC2. The lowest BCUT2D eigenvalue weighted by molar-refractivity contribution is 0.0777. The van der Waals surface area contributed by atoms with Crippen molar-refractivity contribution in [3.05, 3.63) is 77.1 Å².